The zero-order valence-corrected chi connectivity index (χ0v) is 12.4. The molecule has 0 aliphatic heterocycles. The first-order valence-corrected chi connectivity index (χ1v) is 7.69. The maximum Gasteiger partial charge on any atom is 0.391 e. The molecule has 21 heavy (non-hydrogen) atoms. The average Bonchev–Trinajstić information content (AvgIpc) is 2.47. The Balaban J connectivity index is 1.94. The van der Waals surface area contributed by atoms with E-state index in [-0.39, 0.29) is 18.9 Å². The van der Waals surface area contributed by atoms with Crippen molar-refractivity contribution in [3.63, 3.8) is 0 Å². The van der Waals surface area contributed by atoms with Crippen molar-refractivity contribution < 1.29 is 13.2 Å². The first-order chi connectivity index (χ1) is 10.0. The van der Waals surface area contributed by atoms with E-state index in [0.717, 1.165) is 18.5 Å². The molecular formula is C16H23F3N2. The minimum absolute atomic E-state index is 0.244. The summed E-state index contributed by atoms with van der Waals surface area (Å²) in [4.78, 5) is 4.11. The van der Waals surface area contributed by atoms with Crippen LogP contribution in [-0.4, -0.2) is 23.7 Å². The molecule has 1 fully saturated rings. The van der Waals surface area contributed by atoms with Crippen molar-refractivity contribution in [2.45, 2.75) is 51.2 Å². The maximum absolute atomic E-state index is 12.7. The standard InChI is InChI=1S/C16H23F3N2/c1-2-21-15(10-12-4-3-9-20-11-12)13-5-7-14(8-6-13)16(17,18)19/h3-4,9,11,13-15,21H,2,5-8,10H2,1H3. The first-order valence-electron chi connectivity index (χ1n) is 7.69. The lowest BCUT2D eigenvalue weighted by Crippen LogP contribution is -2.41. The van der Waals surface area contributed by atoms with Gasteiger partial charge in [-0.25, -0.2) is 0 Å². The average molecular weight is 300 g/mol. The van der Waals surface area contributed by atoms with Crippen LogP contribution >= 0.6 is 0 Å². The smallest absolute Gasteiger partial charge is 0.314 e. The Morgan fingerprint density at radius 1 is 1.29 bits per heavy atom. The molecule has 0 radical (unpaired) electrons. The molecule has 0 spiro atoms. The van der Waals surface area contributed by atoms with E-state index in [0.29, 0.717) is 18.8 Å². The normalized spacial score (nSPS) is 24.8. The molecule has 1 saturated carbocycles. The number of nitrogens with one attached hydrogen (secondary N) is 1. The molecule has 0 amide bonds. The summed E-state index contributed by atoms with van der Waals surface area (Å²) in [7, 11) is 0. The summed E-state index contributed by atoms with van der Waals surface area (Å²) in [6.07, 6.45) is 2.23. The first kappa shape index (κ1) is 16.3. The summed E-state index contributed by atoms with van der Waals surface area (Å²) in [5.41, 5.74) is 1.14. The molecule has 2 rings (SSSR count). The summed E-state index contributed by atoms with van der Waals surface area (Å²) in [5, 5.41) is 3.45. The number of pyridine rings is 1. The van der Waals surface area contributed by atoms with Crippen LogP contribution in [0.4, 0.5) is 13.2 Å². The molecule has 1 aromatic heterocycles. The predicted molar refractivity (Wildman–Crippen MR) is 76.9 cm³/mol. The van der Waals surface area contributed by atoms with Gasteiger partial charge in [0, 0.05) is 18.4 Å². The van der Waals surface area contributed by atoms with E-state index < -0.39 is 12.1 Å². The van der Waals surface area contributed by atoms with Crippen LogP contribution in [0.15, 0.2) is 24.5 Å². The van der Waals surface area contributed by atoms with Crippen LogP contribution in [0, 0.1) is 11.8 Å². The second-order valence-electron chi connectivity index (χ2n) is 5.88. The fourth-order valence-electron chi connectivity index (χ4n) is 3.29. The number of alkyl halides is 3. The van der Waals surface area contributed by atoms with Crippen LogP contribution in [0.1, 0.15) is 38.2 Å². The van der Waals surface area contributed by atoms with Crippen molar-refractivity contribution >= 4 is 0 Å². The highest BCUT2D eigenvalue weighted by molar-refractivity contribution is 5.10. The zero-order valence-electron chi connectivity index (χ0n) is 12.4. The summed E-state index contributed by atoms with van der Waals surface area (Å²) in [6.45, 7) is 2.88. The summed E-state index contributed by atoms with van der Waals surface area (Å²) in [5.74, 6) is -0.779. The van der Waals surface area contributed by atoms with Gasteiger partial charge in [-0.3, -0.25) is 4.98 Å². The number of hydrogen-bond acceptors (Lipinski definition) is 2. The van der Waals surface area contributed by atoms with Gasteiger partial charge in [0.25, 0.3) is 0 Å². The largest absolute Gasteiger partial charge is 0.391 e. The second-order valence-corrected chi connectivity index (χ2v) is 5.88. The molecule has 1 heterocycles. The number of halogens is 3. The van der Waals surface area contributed by atoms with Gasteiger partial charge in [0.2, 0.25) is 0 Å². The van der Waals surface area contributed by atoms with Crippen molar-refractivity contribution in [1.29, 1.82) is 0 Å². The summed E-state index contributed by atoms with van der Waals surface area (Å²) < 4.78 is 38.2. The van der Waals surface area contributed by atoms with Crippen molar-refractivity contribution in [2.75, 3.05) is 6.54 Å². The van der Waals surface area contributed by atoms with Gasteiger partial charge in [0.1, 0.15) is 0 Å². The molecule has 1 aliphatic carbocycles. The van der Waals surface area contributed by atoms with Gasteiger partial charge in [-0.05, 0) is 56.2 Å². The Kier molecular flexibility index (Phi) is 5.62. The van der Waals surface area contributed by atoms with Gasteiger partial charge in [-0.15, -0.1) is 0 Å². The number of nitrogens with zero attached hydrogens (tertiary/aromatic N) is 1. The van der Waals surface area contributed by atoms with Gasteiger partial charge in [0.05, 0.1) is 5.92 Å². The Labute approximate surface area is 124 Å². The van der Waals surface area contributed by atoms with Crippen LogP contribution in [0.5, 0.6) is 0 Å². The monoisotopic (exact) mass is 300 g/mol. The molecule has 1 N–H and O–H groups in total. The van der Waals surface area contributed by atoms with E-state index in [1.165, 1.54) is 0 Å². The molecule has 1 aliphatic rings. The Morgan fingerprint density at radius 2 is 2.00 bits per heavy atom. The molecule has 0 saturated heterocycles. The van der Waals surface area contributed by atoms with E-state index >= 15 is 0 Å². The SMILES string of the molecule is CCNC(Cc1cccnc1)C1CCC(C(F)(F)F)CC1. The molecule has 0 bridgehead atoms. The van der Waals surface area contributed by atoms with Crippen LogP contribution in [0.25, 0.3) is 0 Å². The molecule has 118 valence electrons. The van der Waals surface area contributed by atoms with E-state index in [9.17, 15) is 13.2 Å². The molecule has 5 heteroatoms. The summed E-state index contributed by atoms with van der Waals surface area (Å²) >= 11 is 0. The van der Waals surface area contributed by atoms with E-state index in [1.54, 1.807) is 6.20 Å². The predicted octanol–water partition coefficient (Wildman–Crippen LogP) is 3.97. The van der Waals surface area contributed by atoms with Crippen LogP contribution in [0.2, 0.25) is 0 Å². The third kappa shape index (κ3) is 4.70. The van der Waals surface area contributed by atoms with Crippen molar-refractivity contribution in [2.24, 2.45) is 11.8 Å². The molecule has 1 unspecified atom stereocenters. The Bertz CT molecular complexity index is 411. The molecule has 2 nitrogen and oxygen atoms in total. The van der Waals surface area contributed by atoms with Crippen molar-refractivity contribution in [3.05, 3.63) is 30.1 Å². The molecule has 1 aromatic rings. The Hall–Kier alpha value is -1.10. The lowest BCUT2D eigenvalue weighted by atomic mass is 9.77. The highest BCUT2D eigenvalue weighted by atomic mass is 19.4. The van der Waals surface area contributed by atoms with Crippen molar-refractivity contribution in [1.82, 2.24) is 10.3 Å². The Morgan fingerprint density at radius 3 is 2.52 bits per heavy atom. The topological polar surface area (TPSA) is 24.9 Å². The summed E-state index contributed by atoms with van der Waals surface area (Å²) in [6, 6.07) is 4.17. The molecule has 1 atom stereocenters. The number of likely N-dealkylation sites (N-methyl/N-ethyl adjacent to an activating group) is 1. The van der Waals surface area contributed by atoms with Gasteiger partial charge < -0.3 is 5.32 Å². The number of aromatic nitrogens is 1. The second kappa shape index (κ2) is 7.25. The number of rotatable bonds is 5. The minimum atomic E-state index is -4.03. The highest BCUT2D eigenvalue weighted by Crippen LogP contribution is 2.40. The fraction of sp³-hybridized carbons (Fsp3) is 0.688. The quantitative estimate of drug-likeness (QED) is 0.890. The van der Waals surface area contributed by atoms with E-state index in [1.807, 2.05) is 25.3 Å². The highest BCUT2D eigenvalue weighted by Gasteiger charge is 2.42. The third-order valence-electron chi connectivity index (χ3n) is 4.45. The maximum atomic E-state index is 12.7. The molecule has 0 aromatic carbocycles. The number of hydrogen-bond donors (Lipinski definition) is 1. The minimum Gasteiger partial charge on any atom is -0.314 e. The van der Waals surface area contributed by atoms with Gasteiger partial charge >= 0.3 is 6.18 Å². The van der Waals surface area contributed by atoms with Gasteiger partial charge in [-0.1, -0.05) is 13.0 Å². The van der Waals surface area contributed by atoms with E-state index in [2.05, 4.69) is 10.3 Å². The van der Waals surface area contributed by atoms with E-state index in [4.69, 9.17) is 0 Å². The van der Waals surface area contributed by atoms with Crippen molar-refractivity contribution in [3.8, 4) is 0 Å². The van der Waals surface area contributed by atoms with Gasteiger partial charge in [-0.2, -0.15) is 13.2 Å². The molecular weight excluding hydrogens is 277 g/mol. The van der Waals surface area contributed by atoms with Gasteiger partial charge in [0.15, 0.2) is 0 Å². The van der Waals surface area contributed by atoms with Crippen LogP contribution in [0.3, 0.4) is 0 Å². The lowest BCUT2D eigenvalue weighted by Gasteiger charge is -2.35. The van der Waals surface area contributed by atoms with Crippen LogP contribution < -0.4 is 5.32 Å². The zero-order chi connectivity index (χ0) is 15.3. The third-order valence-corrected chi connectivity index (χ3v) is 4.45. The van der Waals surface area contributed by atoms with Crippen LogP contribution in [-0.2, 0) is 6.42 Å². The lowest BCUT2D eigenvalue weighted by molar-refractivity contribution is -0.184. The fourth-order valence-corrected chi connectivity index (χ4v) is 3.29.